The second-order valence-corrected chi connectivity index (χ2v) is 12.4. The van der Waals surface area contributed by atoms with E-state index in [1.54, 1.807) is 0 Å². The molecule has 4 nitrogen and oxygen atoms in total. The number of nitrogens with zero attached hydrogens (tertiary/aromatic N) is 1. The molecule has 0 bridgehead atoms. The number of rotatable bonds is 7. The van der Waals surface area contributed by atoms with E-state index < -0.39 is 0 Å². The molecule has 0 radical (unpaired) electrons. The van der Waals surface area contributed by atoms with Gasteiger partial charge in [-0.15, -0.1) is 0 Å². The summed E-state index contributed by atoms with van der Waals surface area (Å²) in [7, 11) is 4.22. The average Bonchev–Trinajstić information content (AvgIpc) is 3.59. The summed E-state index contributed by atoms with van der Waals surface area (Å²) in [5.74, 6) is 0. The molecule has 0 aromatic heterocycles. The van der Waals surface area contributed by atoms with Crippen LogP contribution in [0.15, 0.2) is 120 Å². The Morgan fingerprint density at radius 2 is 1.77 bits per heavy atom. The number of benzene rings is 2. The van der Waals surface area contributed by atoms with Crippen LogP contribution < -0.4 is 16.0 Å². The first-order valence-corrected chi connectivity index (χ1v) is 14.1. The number of para-hydroxylation sites is 1. The number of quaternary nitrogens is 2. The highest BCUT2D eigenvalue weighted by Gasteiger charge is 2.34. The van der Waals surface area contributed by atoms with E-state index in [0.29, 0.717) is 0 Å². The lowest BCUT2D eigenvalue weighted by molar-refractivity contribution is -0.740. The molecule has 2 aliphatic heterocycles. The van der Waals surface area contributed by atoms with Crippen LogP contribution in [0.2, 0.25) is 0 Å². The molecule has 0 saturated heterocycles. The number of anilines is 1. The largest absolute Gasteiger partial charge is 0.373 e. The Morgan fingerprint density at radius 3 is 2.49 bits per heavy atom. The minimum absolute atomic E-state index is 0.0321. The molecular formula is C35H44N4+2. The van der Waals surface area contributed by atoms with Crippen LogP contribution in [0.3, 0.4) is 0 Å². The summed E-state index contributed by atoms with van der Waals surface area (Å²) < 4.78 is 0. The normalized spacial score (nSPS) is 22.2. The molecule has 1 unspecified atom stereocenters. The van der Waals surface area contributed by atoms with Crippen molar-refractivity contribution < 1.29 is 10.6 Å². The van der Waals surface area contributed by atoms with Crippen LogP contribution in [0.1, 0.15) is 58.1 Å². The van der Waals surface area contributed by atoms with E-state index in [2.05, 4.69) is 149 Å². The maximum absolute atomic E-state index is 4.27. The monoisotopic (exact) mass is 520 g/mol. The minimum Gasteiger partial charge on any atom is -0.373 e. The molecule has 5 rings (SSSR count). The summed E-state index contributed by atoms with van der Waals surface area (Å²) in [6.45, 7) is 9.25. The van der Waals surface area contributed by atoms with Gasteiger partial charge in [0, 0.05) is 53.7 Å². The summed E-state index contributed by atoms with van der Waals surface area (Å²) >= 11 is 0. The Hall–Kier alpha value is -3.60. The van der Waals surface area contributed by atoms with Crippen molar-refractivity contribution in [3.05, 3.63) is 131 Å². The number of hydrogen-bond acceptors (Lipinski definition) is 2. The molecule has 1 atom stereocenters. The topological polar surface area (TPSA) is 47.4 Å². The number of hydrogen-bond donors (Lipinski definition) is 3. The van der Waals surface area contributed by atoms with Gasteiger partial charge >= 0.3 is 0 Å². The van der Waals surface area contributed by atoms with Crippen LogP contribution in [0.25, 0.3) is 0 Å². The zero-order valence-corrected chi connectivity index (χ0v) is 24.4. The van der Waals surface area contributed by atoms with Crippen molar-refractivity contribution in [1.82, 2.24) is 4.90 Å². The van der Waals surface area contributed by atoms with Crippen LogP contribution >= 0.6 is 0 Å². The number of likely N-dealkylation sites (N-methyl/N-ethyl adjacent to an activating group) is 1. The van der Waals surface area contributed by atoms with Gasteiger partial charge in [-0.05, 0) is 48.4 Å². The third kappa shape index (κ3) is 5.32. The van der Waals surface area contributed by atoms with Crippen molar-refractivity contribution in [2.24, 2.45) is 0 Å². The van der Waals surface area contributed by atoms with Gasteiger partial charge in [0.1, 0.15) is 23.8 Å². The predicted octanol–water partition coefficient (Wildman–Crippen LogP) is 5.86. The van der Waals surface area contributed by atoms with Gasteiger partial charge < -0.3 is 16.0 Å². The highest BCUT2D eigenvalue weighted by Crippen LogP contribution is 2.43. The van der Waals surface area contributed by atoms with E-state index >= 15 is 0 Å². The third-order valence-electron chi connectivity index (χ3n) is 8.54. The van der Waals surface area contributed by atoms with Crippen LogP contribution in [0.4, 0.5) is 11.4 Å². The molecule has 202 valence electrons. The van der Waals surface area contributed by atoms with E-state index in [4.69, 9.17) is 0 Å². The van der Waals surface area contributed by atoms with Crippen LogP contribution in [0, 0.1) is 0 Å². The molecule has 39 heavy (non-hydrogen) atoms. The fourth-order valence-electron chi connectivity index (χ4n) is 6.10. The molecule has 5 N–H and O–H groups in total. The highest BCUT2D eigenvalue weighted by atomic mass is 15.2. The highest BCUT2D eigenvalue weighted by molar-refractivity contribution is 5.68. The fraction of sp³-hybridized carbons (Fsp3) is 0.314. The third-order valence-corrected chi connectivity index (χ3v) is 8.54. The molecule has 2 aromatic rings. The van der Waals surface area contributed by atoms with Crippen molar-refractivity contribution in [1.29, 1.82) is 0 Å². The van der Waals surface area contributed by atoms with Crippen molar-refractivity contribution >= 4 is 11.4 Å². The number of allylic oxidation sites excluding steroid dienone is 8. The van der Waals surface area contributed by atoms with Gasteiger partial charge in [-0.1, -0.05) is 82.3 Å². The summed E-state index contributed by atoms with van der Waals surface area (Å²) in [5.41, 5.74) is 16.0. The molecule has 0 saturated carbocycles. The van der Waals surface area contributed by atoms with E-state index in [-0.39, 0.29) is 10.8 Å². The lowest BCUT2D eigenvalue weighted by Gasteiger charge is -2.23. The first-order chi connectivity index (χ1) is 18.6. The summed E-state index contributed by atoms with van der Waals surface area (Å²) in [6.07, 6.45) is 19.3. The van der Waals surface area contributed by atoms with Gasteiger partial charge in [-0.2, -0.15) is 0 Å². The van der Waals surface area contributed by atoms with E-state index in [9.17, 15) is 0 Å². The first kappa shape index (κ1) is 27.0. The minimum atomic E-state index is -0.0344. The van der Waals surface area contributed by atoms with Crippen molar-refractivity contribution in [3.63, 3.8) is 0 Å². The lowest BCUT2D eigenvalue weighted by atomic mass is 9.80. The quantitative estimate of drug-likeness (QED) is 0.428. The smallest absolute Gasteiger partial charge is 0.146 e. The zero-order valence-electron chi connectivity index (χ0n) is 24.4. The Balaban J connectivity index is 1.46. The standard InChI is InChI=1S/C35H42N4/c1-34(2,28-13-7-9-15-30(28)36)22-11-12-25-17-18-26(33(25)39-23-21-27(24-39)38(5)6)19-20-32-35(3,4)29-14-8-10-16-31(29)37-32/h7-16,19-21,23-24,37H,17-18,22,36H2,1-6H3/p+2/b12-11+,26-19+,32-20+. The Kier molecular flexibility index (Phi) is 7.28. The molecule has 0 fully saturated rings. The van der Waals surface area contributed by atoms with Gasteiger partial charge in [0.2, 0.25) is 0 Å². The van der Waals surface area contributed by atoms with Crippen molar-refractivity contribution in [2.45, 2.75) is 57.8 Å². The summed E-state index contributed by atoms with van der Waals surface area (Å²) in [4.78, 5) is 3.49. The molecule has 2 heterocycles. The predicted molar refractivity (Wildman–Crippen MR) is 163 cm³/mol. The number of fused-ring (bicyclic) bond motifs is 1. The summed E-state index contributed by atoms with van der Waals surface area (Å²) in [6, 6.07) is 17.2. The molecule has 3 aliphatic rings. The Morgan fingerprint density at radius 1 is 1.03 bits per heavy atom. The van der Waals surface area contributed by atoms with E-state index in [0.717, 1.165) is 24.9 Å². The van der Waals surface area contributed by atoms with Gasteiger partial charge in [-0.25, -0.2) is 4.90 Å². The number of nitrogens with one attached hydrogen (secondary N) is 2. The SMILES string of the molecule is CN(C)C1=C[NH+](C2=C(/C=C/CC(C)(C)c3ccccc3[NH3+])CC/C2=C\C=C2\Nc3ccccc3C2(C)C)C=C1. The Bertz CT molecular complexity index is 1440. The molecular weight excluding hydrogens is 476 g/mol. The molecule has 0 amide bonds. The van der Waals surface area contributed by atoms with Crippen LogP contribution in [-0.4, -0.2) is 19.0 Å². The van der Waals surface area contributed by atoms with Crippen molar-refractivity contribution in [2.75, 3.05) is 19.4 Å². The van der Waals surface area contributed by atoms with Gasteiger partial charge in [-0.3, -0.25) is 0 Å². The Labute approximate surface area is 234 Å². The van der Waals surface area contributed by atoms with Crippen molar-refractivity contribution in [3.8, 4) is 0 Å². The molecule has 1 aliphatic carbocycles. The van der Waals surface area contributed by atoms with Gasteiger partial charge in [0.15, 0.2) is 0 Å². The lowest BCUT2D eigenvalue weighted by Crippen LogP contribution is -3.00. The van der Waals surface area contributed by atoms with E-state index in [1.807, 2.05) is 0 Å². The fourth-order valence-corrected chi connectivity index (χ4v) is 6.10. The first-order valence-electron chi connectivity index (χ1n) is 14.1. The summed E-state index contributed by atoms with van der Waals surface area (Å²) in [5, 5.41) is 3.68. The second-order valence-electron chi connectivity index (χ2n) is 12.4. The van der Waals surface area contributed by atoms with Gasteiger partial charge in [0.05, 0.1) is 5.70 Å². The molecule has 0 spiro atoms. The molecule has 4 heteroatoms. The second kappa shape index (κ2) is 10.5. The molecule has 2 aromatic carbocycles. The van der Waals surface area contributed by atoms with Gasteiger partial charge in [0.25, 0.3) is 0 Å². The maximum atomic E-state index is 4.27. The van der Waals surface area contributed by atoms with Crippen LogP contribution in [-0.2, 0) is 10.8 Å². The average molecular weight is 521 g/mol. The van der Waals surface area contributed by atoms with Crippen LogP contribution in [0.5, 0.6) is 0 Å². The van der Waals surface area contributed by atoms with E-state index in [1.165, 1.54) is 50.0 Å². The zero-order chi connectivity index (χ0) is 27.8. The maximum Gasteiger partial charge on any atom is 0.146 e.